The molecule has 0 N–H and O–H groups in total. The molecule has 0 aliphatic heterocycles. The fraction of sp³-hybridized carbons (Fsp3) is 0.684. The third kappa shape index (κ3) is 5.80. The molecular formula is C19H31. The van der Waals surface area contributed by atoms with Crippen LogP contribution in [0.25, 0.3) is 0 Å². The number of hydrogen-bond acceptors (Lipinski definition) is 0. The molecule has 0 saturated carbocycles. The highest BCUT2D eigenvalue weighted by Gasteiger charge is 2.07. The van der Waals surface area contributed by atoms with E-state index in [1.54, 1.807) is 11.1 Å². The molecule has 0 bridgehead atoms. The molecule has 0 aromatic heterocycles. The third-order valence-electron chi connectivity index (χ3n) is 3.99. The first-order valence-electron chi connectivity index (χ1n) is 8.34. The van der Waals surface area contributed by atoms with E-state index in [1.165, 1.54) is 63.4 Å². The van der Waals surface area contributed by atoms with Gasteiger partial charge in [0.15, 0.2) is 0 Å². The highest BCUT2D eigenvalue weighted by molar-refractivity contribution is 5.35. The number of hydrogen-bond donors (Lipinski definition) is 0. The van der Waals surface area contributed by atoms with Crippen molar-refractivity contribution >= 4 is 0 Å². The fourth-order valence-corrected chi connectivity index (χ4v) is 2.77. The van der Waals surface area contributed by atoms with Crippen LogP contribution in [0.1, 0.15) is 82.4 Å². The van der Waals surface area contributed by atoms with Gasteiger partial charge in [-0.25, -0.2) is 0 Å². The minimum absolute atomic E-state index is 1.16. The summed E-state index contributed by atoms with van der Waals surface area (Å²) in [4.78, 5) is 0. The molecule has 0 aliphatic rings. The second-order valence-electron chi connectivity index (χ2n) is 5.58. The molecule has 0 saturated heterocycles. The summed E-state index contributed by atoms with van der Waals surface area (Å²) < 4.78 is 0. The molecule has 1 aromatic rings. The first kappa shape index (κ1) is 16.3. The smallest absolute Gasteiger partial charge is 0.0146 e. The second-order valence-corrected chi connectivity index (χ2v) is 5.58. The van der Waals surface area contributed by atoms with Gasteiger partial charge in [-0.15, -0.1) is 0 Å². The van der Waals surface area contributed by atoms with Gasteiger partial charge >= 0.3 is 0 Å². The monoisotopic (exact) mass is 259 g/mol. The van der Waals surface area contributed by atoms with Crippen LogP contribution in [-0.4, -0.2) is 0 Å². The molecule has 1 aromatic carbocycles. The van der Waals surface area contributed by atoms with Crippen molar-refractivity contribution in [2.75, 3.05) is 0 Å². The van der Waals surface area contributed by atoms with Crippen molar-refractivity contribution in [3.63, 3.8) is 0 Å². The van der Waals surface area contributed by atoms with E-state index >= 15 is 0 Å². The maximum atomic E-state index is 3.52. The van der Waals surface area contributed by atoms with Crippen molar-refractivity contribution in [2.45, 2.75) is 85.0 Å². The van der Waals surface area contributed by atoms with Gasteiger partial charge in [-0.05, 0) is 54.9 Å². The van der Waals surface area contributed by atoms with Gasteiger partial charge in [-0.3, -0.25) is 0 Å². The molecule has 0 unspecified atom stereocenters. The van der Waals surface area contributed by atoms with Gasteiger partial charge in [0.25, 0.3) is 0 Å². The van der Waals surface area contributed by atoms with E-state index in [0.29, 0.717) is 0 Å². The lowest BCUT2D eigenvalue weighted by atomic mass is 9.92. The Hall–Kier alpha value is -0.780. The predicted molar refractivity (Wildman–Crippen MR) is 85.7 cm³/mol. The van der Waals surface area contributed by atoms with E-state index in [4.69, 9.17) is 0 Å². The normalized spacial score (nSPS) is 10.9. The average molecular weight is 259 g/mol. The Morgan fingerprint density at radius 1 is 0.842 bits per heavy atom. The third-order valence-corrected chi connectivity index (χ3v) is 3.99. The summed E-state index contributed by atoms with van der Waals surface area (Å²) in [5.41, 5.74) is 4.68. The molecule has 0 atom stereocenters. The van der Waals surface area contributed by atoms with Crippen LogP contribution in [0.4, 0.5) is 0 Å². The lowest BCUT2D eigenvalue weighted by molar-refractivity contribution is 0.658. The molecule has 107 valence electrons. The lowest BCUT2D eigenvalue weighted by Gasteiger charge is -2.14. The maximum absolute atomic E-state index is 3.52. The summed E-state index contributed by atoms with van der Waals surface area (Å²) in [5, 5.41) is 0. The van der Waals surface area contributed by atoms with E-state index in [9.17, 15) is 0 Å². The number of benzene rings is 1. The fourth-order valence-electron chi connectivity index (χ4n) is 2.77. The zero-order valence-corrected chi connectivity index (χ0v) is 13.2. The van der Waals surface area contributed by atoms with Crippen LogP contribution in [-0.2, 0) is 19.3 Å². The van der Waals surface area contributed by atoms with E-state index in [2.05, 4.69) is 39.0 Å². The van der Waals surface area contributed by atoms with Gasteiger partial charge in [0, 0.05) is 0 Å². The molecule has 0 heteroatoms. The maximum Gasteiger partial charge on any atom is -0.0146 e. The number of aryl methyl sites for hydroxylation is 2. The van der Waals surface area contributed by atoms with Crippen LogP contribution >= 0.6 is 0 Å². The summed E-state index contributed by atoms with van der Waals surface area (Å²) in [7, 11) is 0. The highest BCUT2D eigenvalue weighted by Crippen LogP contribution is 2.20. The predicted octanol–water partition coefficient (Wildman–Crippen LogP) is 5.90. The second kappa shape index (κ2) is 10.1. The molecule has 19 heavy (non-hydrogen) atoms. The average Bonchev–Trinajstić information content (AvgIpc) is 2.44. The van der Waals surface area contributed by atoms with Crippen LogP contribution in [0, 0.1) is 6.07 Å². The Kier molecular flexibility index (Phi) is 8.62. The first-order chi connectivity index (χ1) is 9.33. The summed E-state index contributed by atoms with van der Waals surface area (Å²) >= 11 is 0. The van der Waals surface area contributed by atoms with Crippen LogP contribution in [0.3, 0.4) is 0 Å². The summed E-state index contributed by atoms with van der Waals surface area (Å²) in [6.07, 6.45) is 13.1. The number of unbranched alkanes of at least 4 members (excludes halogenated alkanes) is 5. The Labute approximate surface area is 120 Å². The van der Waals surface area contributed by atoms with Gasteiger partial charge in [-0.1, -0.05) is 65.0 Å². The van der Waals surface area contributed by atoms with Gasteiger partial charge in [0.2, 0.25) is 0 Å². The minimum atomic E-state index is 1.16. The zero-order chi connectivity index (χ0) is 13.9. The molecule has 0 nitrogen and oxygen atoms in total. The molecule has 0 spiro atoms. The standard InChI is InChI=1S/C19H31/c1-4-7-9-11-13-18-15-12-14-17(6-3)19(18)16-10-8-5-2/h12,14H,4-11,13,16H2,1-3H3. The van der Waals surface area contributed by atoms with Gasteiger partial charge in [-0.2, -0.15) is 0 Å². The van der Waals surface area contributed by atoms with E-state index in [-0.39, 0.29) is 0 Å². The Morgan fingerprint density at radius 2 is 1.53 bits per heavy atom. The molecule has 0 fully saturated rings. The van der Waals surface area contributed by atoms with Gasteiger partial charge in [0.05, 0.1) is 0 Å². The largest absolute Gasteiger partial charge is 0.0654 e. The van der Waals surface area contributed by atoms with E-state index in [0.717, 1.165) is 6.42 Å². The van der Waals surface area contributed by atoms with E-state index in [1.807, 2.05) is 0 Å². The van der Waals surface area contributed by atoms with Crippen LogP contribution in [0.2, 0.25) is 0 Å². The van der Waals surface area contributed by atoms with Crippen molar-refractivity contribution in [2.24, 2.45) is 0 Å². The molecule has 0 aliphatic carbocycles. The summed E-state index contributed by atoms with van der Waals surface area (Å²) in [5.74, 6) is 0. The summed E-state index contributed by atoms with van der Waals surface area (Å²) in [6, 6.07) is 7.93. The Balaban J connectivity index is 2.65. The van der Waals surface area contributed by atoms with Crippen LogP contribution in [0.15, 0.2) is 12.1 Å². The molecular weight excluding hydrogens is 228 g/mol. The Bertz CT molecular complexity index is 338. The Morgan fingerprint density at radius 3 is 2.21 bits per heavy atom. The minimum Gasteiger partial charge on any atom is -0.0654 e. The molecule has 0 heterocycles. The first-order valence-corrected chi connectivity index (χ1v) is 8.34. The lowest BCUT2D eigenvalue weighted by Crippen LogP contribution is -2.01. The van der Waals surface area contributed by atoms with Gasteiger partial charge < -0.3 is 0 Å². The van der Waals surface area contributed by atoms with Crippen molar-refractivity contribution in [3.05, 3.63) is 34.9 Å². The van der Waals surface area contributed by atoms with E-state index < -0.39 is 0 Å². The summed E-state index contributed by atoms with van der Waals surface area (Å²) in [6.45, 7) is 6.84. The molecule has 1 radical (unpaired) electrons. The quantitative estimate of drug-likeness (QED) is 0.459. The van der Waals surface area contributed by atoms with Crippen molar-refractivity contribution in [1.29, 1.82) is 0 Å². The van der Waals surface area contributed by atoms with Gasteiger partial charge in [0.1, 0.15) is 0 Å². The molecule has 0 amide bonds. The van der Waals surface area contributed by atoms with Crippen molar-refractivity contribution in [1.82, 2.24) is 0 Å². The van der Waals surface area contributed by atoms with Crippen molar-refractivity contribution in [3.8, 4) is 0 Å². The topological polar surface area (TPSA) is 0 Å². The molecule has 1 rings (SSSR count). The SMILES string of the molecule is CCCCCCc1[c]ccc(CC)c1CCCCC. The van der Waals surface area contributed by atoms with Crippen molar-refractivity contribution < 1.29 is 0 Å². The van der Waals surface area contributed by atoms with Crippen LogP contribution in [0.5, 0.6) is 0 Å². The zero-order valence-electron chi connectivity index (χ0n) is 13.2. The highest BCUT2D eigenvalue weighted by atomic mass is 14.1. The number of rotatable bonds is 10. The van der Waals surface area contributed by atoms with Crippen LogP contribution < -0.4 is 0 Å².